The molecule has 5 heteroatoms. The highest BCUT2D eigenvalue weighted by Gasteiger charge is 2.23. The van der Waals surface area contributed by atoms with Crippen LogP contribution in [-0.4, -0.2) is 28.8 Å². The van der Waals surface area contributed by atoms with Crippen LogP contribution in [0.25, 0.3) is 0 Å². The number of aliphatic carboxylic acids is 1. The van der Waals surface area contributed by atoms with Crippen LogP contribution >= 0.6 is 0 Å². The summed E-state index contributed by atoms with van der Waals surface area (Å²) in [5.74, 6) is -1.82. The van der Waals surface area contributed by atoms with Crippen molar-refractivity contribution in [3.63, 3.8) is 0 Å². The number of hydrogen-bond acceptors (Lipinski definition) is 3. The summed E-state index contributed by atoms with van der Waals surface area (Å²) in [7, 11) is 0. The van der Waals surface area contributed by atoms with Crippen molar-refractivity contribution < 1.29 is 19.5 Å². The van der Waals surface area contributed by atoms with Gasteiger partial charge < -0.3 is 10.4 Å². The normalized spacial score (nSPS) is 12.0. The van der Waals surface area contributed by atoms with Crippen LogP contribution in [0, 0.1) is 5.92 Å². The maximum absolute atomic E-state index is 11.9. The van der Waals surface area contributed by atoms with Gasteiger partial charge in [-0.2, -0.15) is 0 Å². The second-order valence-corrected chi connectivity index (χ2v) is 4.67. The van der Waals surface area contributed by atoms with E-state index in [1.54, 1.807) is 26.0 Å². The van der Waals surface area contributed by atoms with E-state index >= 15 is 0 Å². The summed E-state index contributed by atoms with van der Waals surface area (Å²) in [6.45, 7) is 4.88. The number of nitrogens with one attached hydrogen (secondary N) is 1. The van der Waals surface area contributed by atoms with Crippen LogP contribution in [0.4, 0.5) is 0 Å². The van der Waals surface area contributed by atoms with Crippen LogP contribution in [0.15, 0.2) is 24.3 Å². The van der Waals surface area contributed by atoms with Gasteiger partial charge in [-0.3, -0.25) is 9.59 Å². The fraction of sp³-hybridized carbons (Fsp3) is 0.357. The lowest BCUT2D eigenvalue weighted by Crippen LogP contribution is -2.44. The summed E-state index contributed by atoms with van der Waals surface area (Å²) >= 11 is 0. The van der Waals surface area contributed by atoms with Crippen LogP contribution < -0.4 is 5.32 Å². The Morgan fingerprint density at radius 1 is 1.05 bits per heavy atom. The first-order valence-corrected chi connectivity index (χ1v) is 5.97. The molecule has 19 heavy (non-hydrogen) atoms. The van der Waals surface area contributed by atoms with Crippen LogP contribution in [0.1, 0.15) is 41.5 Å². The van der Waals surface area contributed by atoms with E-state index in [9.17, 15) is 14.4 Å². The number of carbonyl (C=O) groups excluding carboxylic acids is 2. The third kappa shape index (κ3) is 3.91. The lowest BCUT2D eigenvalue weighted by atomic mass is 10.0. The van der Waals surface area contributed by atoms with Crippen molar-refractivity contribution in [2.45, 2.75) is 26.8 Å². The lowest BCUT2D eigenvalue weighted by molar-refractivity contribution is -0.140. The summed E-state index contributed by atoms with van der Waals surface area (Å²) in [6, 6.07) is 5.17. The van der Waals surface area contributed by atoms with Gasteiger partial charge in [-0.25, -0.2) is 4.79 Å². The Kier molecular flexibility index (Phi) is 4.80. The van der Waals surface area contributed by atoms with Gasteiger partial charge in [0.25, 0.3) is 5.91 Å². The molecule has 0 aliphatic heterocycles. The van der Waals surface area contributed by atoms with Crippen LogP contribution in [0.5, 0.6) is 0 Å². The van der Waals surface area contributed by atoms with Crippen LogP contribution in [-0.2, 0) is 4.79 Å². The van der Waals surface area contributed by atoms with E-state index in [1.165, 1.54) is 19.1 Å². The number of ketones is 1. The summed E-state index contributed by atoms with van der Waals surface area (Å²) in [4.78, 5) is 34.0. The largest absolute Gasteiger partial charge is 0.480 e. The quantitative estimate of drug-likeness (QED) is 0.792. The monoisotopic (exact) mass is 263 g/mol. The number of Topliss-reactive ketones (excluding diaryl/α,β-unsaturated/α-hetero) is 1. The summed E-state index contributed by atoms with van der Waals surface area (Å²) in [5, 5.41) is 11.5. The zero-order chi connectivity index (χ0) is 14.6. The maximum atomic E-state index is 11.9. The number of hydrogen-bond donors (Lipinski definition) is 2. The highest BCUT2D eigenvalue weighted by atomic mass is 16.4. The predicted molar refractivity (Wildman–Crippen MR) is 70.2 cm³/mol. The molecule has 1 amide bonds. The minimum Gasteiger partial charge on any atom is -0.480 e. The van der Waals surface area contributed by atoms with Gasteiger partial charge in [0.2, 0.25) is 0 Å². The maximum Gasteiger partial charge on any atom is 0.326 e. The fourth-order valence-electron chi connectivity index (χ4n) is 1.59. The molecular weight excluding hydrogens is 246 g/mol. The Labute approximate surface area is 111 Å². The van der Waals surface area contributed by atoms with Gasteiger partial charge in [-0.1, -0.05) is 26.0 Å². The lowest BCUT2D eigenvalue weighted by Gasteiger charge is -2.17. The molecule has 0 aliphatic carbocycles. The molecule has 0 heterocycles. The van der Waals surface area contributed by atoms with Crippen molar-refractivity contribution >= 4 is 17.7 Å². The van der Waals surface area contributed by atoms with E-state index in [-0.39, 0.29) is 11.7 Å². The minimum atomic E-state index is -1.07. The molecule has 0 aliphatic rings. The van der Waals surface area contributed by atoms with E-state index in [2.05, 4.69) is 5.32 Å². The summed E-state index contributed by atoms with van der Waals surface area (Å²) in [6.07, 6.45) is 0. The first kappa shape index (κ1) is 14.9. The average Bonchev–Trinajstić information content (AvgIpc) is 2.34. The topological polar surface area (TPSA) is 83.5 Å². The SMILES string of the molecule is CC(=O)c1ccc(C(=O)NC(C(=O)O)C(C)C)cc1. The molecule has 0 aromatic heterocycles. The molecule has 2 N–H and O–H groups in total. The molecule has 1 rings (SSSR count). The van der Waals surface area contributed by atoms with E-state index in [0.29, 0.717) is 11.1 Å². The summed E-state index contributed by atoms with van der Waals surface area (Å²) in [5.41, 5.74) is 0.840. The second kappa shape index (κ2) is 6.13. The van der Waals surface area contributed by atoms with E-state index in [1.807, 2.05) is 0 Å². The smallest absolute Gasteiger partial charge is 0.326 e. The van der Waals surface area contributed by atoms with E-state index in [0.717, 1.165) is 0 Å². The van der Waals surface area contributed by atoms with Gasteiger partial charge in [0.1, 0.15) is 6.04 Å². The molecule has 0 bridgehead atoms. The number of carboxylic acid groups (broad SMARTS) is 1. The molecule has 1 unspecified atom stereocenters. The molecule has 0 fully saturated rings. The van der Waals surface area contributed by atoms with Crippen molar-refractivity contribution in [2.24, 2.45) is 5.92 Å². The molecule has 0 spiro atoms. The highest BCUT2D eigenvalue weighted by Crippen LogP contribution is 2.07. The third-order valence-corrected chi connectivity index (χ3v) is 2.77. The van der Waals surface area contributed by atoms with Crippen LogP contribution in [0.3, 0.4) is 0 Å². The molecular formula is C14H17NO4. The van der Waals surface area contributed by atoms with Gasteiger partial charge in [0.15, 0.2) is 5.78 Å². The highest BCUT2D eigenvalue weighted by molar-refractivity contribution is 5.99. The zero-order valence-corrected chi connectivity index (χ0v) is 11.1. The number of amides is 1. The predicted octanol–water partition coefficient (Wildman–Crippen LogP) is 1.73. The molecule has 102 valence electrons. The molecule has 1 aromatic carbocycles. The first-order valence-electron chi connectivity index (χ1n) is 5.97. The second-order valence-electron chi connectivity index (χ2n) is 4.67. The molecule has 0 saturated heterocycles. The molecule has 0 saturated carbocycles. The average molecular weight is 263 g/mol. The number of rotatable bonds is 5. The third-order valence-electron chi connectivity index (χ3n) is 2.77. The van der Waals surface area contributed by atoms with Crippen molar-refractivity contribution in [1.29, 1.82) is 0 Å². The van der Waals surface area contributed by atoms with Gasteiger partial charge >= 0.3 is 5.97 Å². The standard InChI is InChI=1S/C14H17NO4/c1-8(2)12(14(18)19)15-13(17)11-6-4-10(5-7-11)9(3)16/h4-8,12H,1-3H3,(H,15,17)(H,18,19). The Balaban J connectivity index is 2.83. The number of carbonyl (C=O) groups is 3. The van der Waals surface area contributed by atoms with Gasteiger partial charge in [-0.15, -0.1) is 0 Å². The first-order chi connectivity index (χ1) is 8.82. The van der Waals surface area contributed by atoms with Crippen molar-refractivity contribution in [3.8, 4) is 0 Å². The van der Waals surface area contributed by atoms with Crippen molar-refractivity contribution in [1.82, 2.24) is 5.32 Å². The number of benzene rings is 1. The van der Waals surface area contributed by atoms with E-state index in [4.69, 9.17) is 5.11 Å². The van der Waals surface area contributed by atoms with Gasteiger partial charge in [0.05, 0.1) is 0 Å². The Morgan fingerprint density at radius 2 is 1.53 bits per heavy atom. The van der Waals surface area contributed by atoms with Gasteiger partial charge in [0, 0.05) is 11.1 Å². The minimum absolute atomic E-state index is 0.0856. The van der Waals surface area contributed by atoms with Crippen LogP contribution in [0.2, 0.25) is 0 Å². The fourth-order valence-corrected chi connectivity index (χ4v) is 1.59. The molecule has 1 atom stereocenters. The Morgan fingerprint density at radius 3 is 1.89 bits per heavy atom. The Hall–Kier alpha value is -2.17. The van der Waals surface area contributed by atoms with E-state index < -0.39 is 17.9 Å². The number of carboxylic acids is 1. The molecule has 0 radical (unpaired) electrons. The zero-order valence-electron chi connectivity index (χ0n) is 11.1. The van der Waals surface area contributed by atoms with Crippen molar-refractivity contribution in [3.05, 3.63) is 35.4 Å². The molecule has 5 nitrogen and oxygen atoms in total. The molecule has 1 aromatic rings. The van der Waals surface area contributed by atoms with Crippen molar-refractivity contribution in [2.75, 3.05) is 0 Å². The van der Waals surface area contributed by atoms with Gasteiger partial charge in [-0.05, 0) is 25.0 Å². The summed E-state index contributed by atoms with van der Waals surface area (Å²) < 4.78 is 0. The Bertz CT molecular complexity index is 491.